The Hall–Kier alpha value is 0.230. The molecule has 20 heavy (non-hydrogen) atoms. The highest BCUT2D eigenvalue weighted by atomic mass is 32.2. The first kappa shape index (κ1) is 16.6. The zero-order valence-electron chi connectivity index (χ0n) is 13.9. The molecule has 0 amide bonds. The molecule has 1 N–H and O–H groups in total. The minimum Gasteiger partial charge on any atom is -0.381 e. The van der Waals surface area contributed by atoms with E-state index >= 15 is 0 Å². The van der Waals surface area contributed by atoms with E-state index < -0.39 is 0 Å². The van der Waals surface area contributed by atoms with Gasteiger partial charge in [0.05, 0.1) is 6.61 Å². The van der Waals surface area contributed by atoms with Crippen molar-refractivity contribution in [1.82, 2.24) is 10.2 Å². The summed E-state index contributed by atoms with van der Waals surface area (Å²) in [5.41, 5.74) is 0.503. The Balaban J connectivity index is 1.94. The van der Waals surface area contributed by atoms with E-state index in [1.165, 1.54) is 26.1 Å². The summed E-state index contributed by atoms with van der Waals surface area (Å²) < 4.78 is 5.75. The van der Waals surface area contributed by atoms with Crippen LogP contribution >= 0.6 is 11.8 Å². The molecule has 2 aliphatic rings. The lowest BCUT2D eigenvalue weighted by molar-refractivity contribution is 0.102. The fraction of sp³-hybridized carbons (Fsp3) is 1.00. The Labute approximate surface area is 129 Å². The van der Waals surface area contributed by atoms with Crippen molar-refractivity contribution in [2.24, 2.45) is 5.41 Å². The molecule has 0 aromatic carbocycles. The molecule has 2 heterocycles. The molecule has 0 aromatic heterocycles. The smallest absolute Gasteiger partial charge is 0.0547 e. The highest BCUT2D eigenvalue weighted by Gasteiger charge is 2.38. The second kappa shape index (κ2) is 6.55. The Kier molecular flexibility index (Phi) is 5.44. The summed E-state index contributed by atoms with van der Waals surface area (Å²) in [7, 11) is 0. The fourth-order valence-corrected chi connectivity index (χ4v) is 4.70. The van der Waals surface area contributed by atoms with Crippen molar-refractivity contribution in [3.8, 4) is 0 Å². The van der Waals surface area contributed by atoms with E-state index in [0.29, 0.717) is 5.41 Å². The van der Waals surface area contributed by atoms with Gasteiger partial charge in [-0.15, -0.1) is 0 Å². The third-order valence-electron chi connectivity index (χ3n) is 4.23. The van der Waals surface area contributed by atoms with E-state index in [2.05, 4.69) is 56.6 Å². The van der Waals surface area contributed by atoms with Crippen molar-refractivity contribution in [3.63, 3.8) is 0 Å². The van der Waals surface area contributed by atoms with Crippen LogP contribution in [0.3, 0.4) is 0 Å². The maximum absolute atomic E-state index is 5.75. The average molecular weight is 301 g/mol. The summed E-state index contributed by atoms with van der Waals surface area (Å²) in [6, 6.07) is 0. The first-order valence-corrected chi connectivity index (χ1v) is 8.93. The molecule has 2 saturated heterocycles. The van der Waals surface area contributed by atoms with Crippen LogP contribution in [0.2, 0.25) is 0 Å². The Morgan fingerprint density at radius 2 is 1.90 bits per heavy atom. The molecule has 2 fully saturated rings. The molecule has 3 unspecified atom stereocenters. The Morgan fingerprint density at radius 1 is 1.25 bits per heavy atom. The van der Waals surface area contributed by atoms with Crippen molar-refractivity contribution >= 4 is 11.8 Å². The van der Waals surface area contributed by atoms with Gasteiger partial charge in [0.15, 0.2) is 0 Å². The molecule has 2 rings (SSSR count). The van der Waals surface area contributed by atoms with Gasteiger partial charge in [0, 0.05) is 54.2 Å². The molecule has 0 radical (unpaired) electrons. The fourth-order valence-electron chi connectivity index (χ4n) is 3.31. The standard InChI is InChI=1S/C16H32N2OS/c1-13-8-18(9-14(2)20-13)11-16(6-7-19-12-16)10-17-15(3,4)5/h13-14,17H,6-12H2,1-5H3. The van der Waals surface area contributed by atoms with Crippen molar-refractivity contribution in [3.05, 3.63) is 0 Å². The van der Waals surface area contributed by atoms with E-state index in [0.717, 1.165) is 30.3 Å². The van der Waals surface area contributed by atoms with Crippen molar-refractivity contribution in [2.75, 3.05) is 39.4 Å². The minimum absolute atomic E-state index is 0.188. The second-order valence-corrected chi connectivity index (χ2v) is 9.74. The number of hydrogen-bond acceptors (Lipinski definition) is 4. The molecular formula is C16H32N2OS. The second-order valence-electron chi connectivity index (χ2n) is 7.86. The van der Waals surface area contributed by atoms with Crippen LogP contribution in [-0.4, -0.2) is 60.3 Å². The van der Waals surface area contributed by atoms with Crippen LogP contribution in [0.25, 0.3) is 0 Å². The number of nitrogens with zero attached hydrogens (tertiary/aromatic N) is 1. The molecule has 0 aromatic rings. The van der Waals surface area contributed by atoms with Gasteiger partial charge in [-0.25, -0.2) is 0 Å². The molecule has 4 heteroatoms. The minimum atomic E-state index is 0.188. The van der Waals surface area contributed by atoms with E-state index in [1.807, 2.05) is 0 Å². The quantitative estimate of drug-likeness (QED) is 0.862. The van der Waals surface area contributed by atoms with Gasteiger partial charge in [0.2, 0.25) is 0 Å². The van der Waals surface area contributed by atoms with Crippen LogP contribution in [0.15, 0.2) is 0 Å². The van der Waals surface area contributed by atoms with Gasteiger partial charge in [0.25, 0.3) is 0 Å². The largest absolute Gasteiger partial charge is 0.381 e. The van der Waals surface area contributed by atoms with Gasteiger partial charge in [-0.3, -0.25) is 0 Å². The van der Waals surface area contributed by atoms with Crippen LogP contribution in [-0.2, 0) is 4.74 Å². The number of thioether (sulfide) groups is 1. The van der Waals surface area contributed by atoms with Gasteiger partial charge < -0.3 is 15.0 Å². The van der Waals surface area contributed by atoms with E-state index in [-0.39, 0.29) is 5.54 Å². The highest BCUT2D eigenvalue weighted by molar-refractivity contribution is 8.00. The molecule has 3 atom stereocenters. The number of rotatable bonds is 4. The van der Waals surface area contributed by atoms with Crippen molar-refractivity contribution < 1.29 is 4.74 Å². The van der Waals surface area contributed by atoms with Crippen LogP contribution in [0, 0.1) is 5.41 Å². The van der Waals surface area contributed by atoms with E-state index in [4.69, 9.17) is 4.74 Å². The van der Waals surface area contributed by atoms with Crippen LogP contribution < -0.4 is 5.32 Å². The molecule has 2 aliphatic heterocycles. The number of nitrogens with one attached hydrogen (secondary N) is 1. The van der Waals surface area contributed by atoms with E-state index in [9.17, 15) is 0 Å². The lowest BCUT2D eigenvalue weighted by Crippen LogP contribution is -2.52. The van der Waals surface area contributed by atoms with Gasteiger partial charge in [-0.05, 0) is 27.2 Å². The lowest BCUT2D eigenvalue weighted by atomic mass is 9.85. The predicted octanol–water partition coefficient (Wildman–Crippen LogP) is 2.61. The zero-order valence-corrected chi connectivity index (χ0v) is 14.7. The summed E-state index contributed by atoms with van der Waals surface area (Å²) in [6.07, 6.45) is 1.20. The number of ether oxygens (including phenoxy) is 1. The summed E-state index contributed by atoms with van der Waals surface area (Å²) in [5, 5.41) is 5.22. The van der Waals surface area contributed by atoms with Gasteiger partial charge in [-0.2, -0.15) is 11.8 Å². The topological polar surface area (TPSA) is 24.5 Å². The lowest BCUT2D eigenvalue weighted by Gasteiger charge is -2.41. The average Bonchev–Trinajstić information content (AvgIpc) is 2.73. The van der Waals surface area contributed by atoms with E-state index in [1.54, 1.807) is 0 Å². The van der Waals surface area contributed by atoms with Gasteiger partial charge >= 0.3 is 0 Å². The molecule has 118 valence electrons. The summed E-state index contributed by atoms with van der Waals surface area (Å²) in [5.74, 6) is 0. The van der Waals surface area contributed by atoms with Gasteiger partial charge in [-0.1, -0.05) is 13.8 Å². The molecule has 3 nitrogen and oxygen atoms in total. The first-order chi connectivity index (χ1) is 9.28. The van der Waals surface area contributed by atoms with Crippen LogP contribution in [0.5, 0.6) is 0 Å². The molecular weight excluding hydrogens is 268 g/mol. The van der Waals surface area contributed by atoms with Crippen LogP contribution in [0.4, 0.5) is 0 Å². The molecule has 0 saturated carbocycles. The van der Waals surface area contributed by atoms with Crippen LogP contribution in [0.1, 0.15) is 41.0 Å². The maximum Gasteiger partial charge on any atom is 0.0547 e. The molecule has 0 spiro atoms. The summed E-state index contributed by atoms with van der Waals surface area (Å²) in [4.78, 5) is 2.67. The third kappa shape index (κ3) is 4.90. The summed E-state index contributed by atoms with van der Waals surface area (Å²) in [6.45, 7) is 18.0. The predicted molar refractivity (Wildman–Crippen MR) is 88.6 cm³/mol. The molecule has 0 bridgehead atoms. The molecule has 0 aliphatic carbocycles. The Bertz CT molecular complexity index is 300. The number of hydrogen-bond donors (Lipinski definition) is 1. The third-order valence-corrected chi connectivity index (χ3v) is 5.46. The zero-order chi connectivity index (χ0) is 14.8. The Morgan fingerprint density at radius 3 is 2.40 bits per heavy atom. The van der Waals surface area contributed by atoms with Crippen molar-refractivity contribution in [1.29, 1.82) is 0 Å². The first-order valence-electron chi connectivity index (χ1n) is 7.99. The monoisotopic (exact) mass is 300 g/mol. The SMILES string of the molecule is CC1CN(CC2(CNC(C)(C)C)CCOC2)CC(C)S1. The maximum atomic E-state index is 5.75. The summed E-state index contributed by atoms with van der Waals surface area (Å²) >= 11 is 2.13. The normalized spacial score (nSPS) is 36.5. The van der Waals surface area contributed by atoms with Gasteiger partial charge in [0.1, 0.15) is 0 Å². The highest BCUT2D eigenvalue weighted by Crippen LogP contribution is 2.33. The van der Waals surface area contributed by atoms with Crippen molar-refractivity contribution in [2.45, 2.75) is 57.1 Å².